The third-order valence-electron chi connectivity index (χ3n) is 4.24. The molecule has 6 heteroatoms. The minimum atomic E-state index is -3.93. The largest absolute Gasteiger partial charge is 0.480 e. The van der Waals surface area contributed by atoms with Crippen LogP contribution in [0.2, 0.25) is 0 Å². The van der Waals surface area contributed by atoms with Gasteiger partial charge >= 0.3 is 5.97 Å². The van der Waals surface area contributed by atoms with Crippen molar-refractivity contribution in [3.05, 3.63) is 66.2 Å². The SMILES string of the molecule is N#CC1(C(=O)O)C(c2ccccc2)C1S(=O)(=O)c1ccccc1. The van der Waals surface area contributed by atoms with Crippen molar-refractivity contribution in [2.75, 3.05) is 0 Å². The number of aliphatic carboxylic acids is 1. The molecule has 3 rings (SSSR count). The van der Waals surface area contributed by atoms with E-state index < -0.39 is 32.4 Å². The number of benzene rings is 2. The zero-order valence-electron chi connectivity index (χ0n) is 12.0. The van der Waals surface area contributed by atoms with Gasteiger partial charge in [-0.3, -0.25) is 4.79 Å². The van der Waals surface area contributed by atoms with E-state index >= 15 is 0 Å². The molecule has 116 valence electrons. The molecule has 1 saturated carbocycles. The van der Waals surface area contributed by atoms with E-state index in [0.29, 0.717) is 5.56 Å². The van der Waals surface area contributed by atoms with E-state index in [9.17, 15) is 23.6 Å². The van der Waals surface area contributed by atoms with Gasteiger partial charge in [0.15, 0.2) is 15.3 Å². The summed E-state index contributed by atoms with van der Waals surface area (Å²) in [5.41, 5.74) is -1.41. The summed E-state index contributed by atoms with van der Waals surface area (Å²) in [4.78, 5) is 11.7. The summed E-state index contributed by atoms with van der Waals surface area (Å²) in [7, 11) is -3.93. The molecular weight excluding hydrogens is 314 g/mol. The molecule has 3 unspecified atom stereocenters. The predicted octanol–water partition coefficient (Wildman–Crippen LogP) is 2.22. The van der Waals surface area contributed by atoms with Crippen molar-refractivity contribution in [1.29, 1.82) is 5.26 Å². The molecule has 0 aromatic heterocycles. The minimum Gasteiger partial charge on any atom is -0.480 e. The van der Waals surface area contributed by atoms with Crippen LogP contribution in [0.25, 0.3) is 0 Å². The molecule has 1 aliphatic rings. The fourth-order valence-electron chi connectivity index (χ4n) is 3.07. The number of carboxylic acid groups (broad SMARTS) is 1. The molecule has 3 atom stereocenters. The standard InChI is InChI=1S/C17H13NO4S/c18-11-17(16(19)20)14(12-7-3-1-4-8-12)15(17)23(21,22)13-9-5-2-6-10-13/h1-10,14-15H,(H,19,20). The Morgan fingerprint density at radius 1 is 1.04 bits per heavy atom. The Morgan fingerprint density at radius 3 is 2.04 bits per heavy atom. The molecule has 2 aromatic rings. The maximum atomic E-state index is 12.8. The maximum Gasteiger partial charge on any atom is 0.326 e. The van der Waals surface area contributed by atoms with Crippen molar-refractivity contribution in [1.82, 2.24) is 0 Å². The molecule has 1 fully saturated rings. The van der Waals surface area contributed by atoms with Crippen molar-refractivity contribution in [2.24, 2.45) is 5.41 Å². The third kappa shape index (κ3) is 2.13. The summed E-state index contributed by atoms with van der Waals surface area (Å²) in [6.07, 6.45) is 0. The average molecular weight is 327 g/mol. The number of carbonyl (C=O) groups is 1. The number of carboxylic acids is 1. The maximum absolute atomic E-state index is 12.8. The third-order valence-corrected chi connectivity index (χ3v) is 6.48. The highest BCUT2D eigenvalue weighted by molar-refractivity contribution is 7.92. The zero-order valence-corrected chi connectivity index (χ0v) is 12.8. The normalized spacial score (nSPS) is 26.2. The van der Waals surface area contributed by atoms with Gasteiger partial charge in [0.25, 0.3) is 0 Å². The van der Waals surface area contributed by atoms with E-state index in [4.69, 9.17) is 0 Å². The molecule has 0 radical (unpaired) electrons. The van der Waals surface area contributed by atoms with E-state index in [1.807, 2.05) is 0 Å². The second-order valence-corrected chi connectivity index (χ2v) is 7.52. The molecule has 1 aliphatic carbocycles. The average Bonchev–Trinajstić information content (AvgIpc) is 3.28. The Balaban J connectivity index is 2.14. The first kappa shape index (κ1) is 15.3. The van der Waals surface area contributed by atoms with Gasteiger partial charge < -0.3 is 5.11 Å². The molecule has 0 saturated heterocycles. The van der Waals surface area contributed by atoms with Gasteiger partial charge in [0.2, 0.25) is 0 Å². The first-order valence-electron chi connectivity index (χ1n) is 6.95. The van der Waals surface area contributed by atoms with E-state index in [0.717, 1.165) is 0 Å². The van der Waals surface area contributed by atoms with Crippen molar-refractivity contribution in [2.45, 2.75) is 16.1 Å². The summed E-state index contributed by atoms with van der Waals surface area (Å²) in [6.45, 7) is 0. The van der Waals surface area contributed by atoms with Crippen LogP contribution in [0.1, 0.15) is 11.5 Å². The van der Waals surface area contributed by atoms with Crippen LogP contribution in [-0.4, -0.2) is 24.7 Å². The summed E-state index contributed by atoms with van der Waals surface area (Å²) in [6, 6.07) is 17.9. The Kier molecular flexibility index (Phi) is 3.46. The van der Waals surface area contributed by atoms with Crippen LogP contribution in [0.3, 0.4) is 0 Å². The van der Waals surface area contributed by atoms with Gasteiger partial charge in [-0.1, -0.05) is 48.5 Å². The summed E-state index contributed by atoms with van der Waals surface area (Å²) < 4.78 is 25.7. The second-order valence-electron chi connectivity index (χ2n) is 5.45. The Morgan fingerprint density at radius 2 is 1.57 bits per heavy atom. The number of sulfone groups is 1. The van der Waals surface area contributed by atoms with E-state index in [2.05, 4.69) is 0 Å². The lowest BCUT2D eigenvalue weighted by molar-refractivity contribution is -0.141. The molecule has 1 N–H and O–H groups in total. The Labute approximate surface area is 133 Å². The summed E-state index contributed by atoms with van der Waals surface area (Å²) in [5, 5.41) is 17.7. The minimum absolute atomic E-state index is 0.0318. The van der Waals surface area contributed by atoms with Crippen LogP contribution in [-0.2, 0) is 14.6 Å². The molecule has 0 spiro atoms. The highest BCUT2D eigenvalue weighted by Gasteiger charge is 2.77. The summed E-state index contributed by atoms with van der Waals surface area (Å²) >= 11 is 0. The molecule has 0 amide bonds. The smallest absolute Gasteiger partial charge is 0.326 e. The first-order valence-corrected chi connectivity index (χ1v) is 8.49. The van der Waals surface area contributed by atoms with Crippen molar-refractivity contribution < 1.29 is 18.3 Å². The lowest BCUT2D eigenvalue weighted by Crippen LogP contribution is -2.22. The van der Waals surface area contributed by atoms with Gasteiger partial charge in [-0.05, 0) is 17.7 Å². The molecule has 23 heavy (non-hydrogen) atoms. The number of hydrogen-bond acceptors (Lipinski definition) is 4. The van der Waals surface area contributed by atoms with Crippen LogP contribution in [0.5, 0.6) is 0 Å². The quantitative estimate of drug-likeness (QED) is 0.929. The fourth-order valence-corrected chi connectivity index (χ4v) is 5.34. The highest BCUT2D eigenvalue weighted by Crippen LogP contribution is 2.63. The molecule has 0 heterocycles. The van der Waals surface area contributed by atoms with Gasteiger partial charge in [0.1, 0.15) is 5.25 Å². The van der Waals surface area contributed by atoms with Crippen LogP contribution >= 0.6 is 0 Å². The molecular formula is C17H13NO4S. The van der Waals surface area contributed by atoms with Crippen LogP contribution in [0, 0.1) is 16.7 Å². The molecule has 0 bridgehead atoms. The lowest BCUT2D eigenvalue weighted by atomic mass is 10.0. The van der Waals surface area contributed by atoms with Crippen LogP contribution in [0.15, 0.2) is 65.6 Å². The molecule has 2 aromatic carbocycles. The number of nitriles is 1. The zero-order chi connectivity index (χ0) is 16.7. The van der Waals surface area contributed by atoms with Gasteiger partial charge in [-0.2, -0.15) is 5.26 Å². The van der Waals surface area contributed by atoms with Gasteiger partial charge in [0, 0.05) is 5.92 Å². The summed E-state index contributed by atoms with van der Waals surface area (Å²) in [5.74, 6) is -2.28. The second kappa shape index (κ2) is 5.21. The Bertz CT molecular complexity index is 887. The molecule has 5 nitrogen and oxygen atoms in total. The van der Waals surface area contributed by atoms with Gasteiger partial charge in [-0.25, -0.2) is 8.42 Å². The first-order chi connectivity index (χ1) is 11.0. The van der Waals surface area contributed by atoms with Gasteiger partial charge in [0.05, 0.1) is 11.0 Å². The lowest BCUT2D eigenvalue weighted by Gasteiger charge is -2.04. The van der Waals surface area contributed by atoms with Crippen LogP contribution < -0.4 is 0 Å². The van der Waals surface area contributed by atoms with Crippen molar-refractivity contribution in [3.63, 3.8) is 0 Å². The van der Waals surface area contributed by atoms with Crippen molar-refractivity contribution in [3.8, 4) is 6.07 Å². The number of hydrogen-bond donors (Lipinski definition) is 1. The highest BCUT2D eigenvalue weighted by atomic mass is 32.2. The van der Waals surface area contributed by atoms with Crippen molar-refractivity contribution >= 4 is 15.8 Å². The van der Waals surface area contributed by atoms with Crippen LogP contribution in [0.4, 0.5) is 0 Å². The fraction of sp³-hybridized carbons (Fsp3) is 0.176. The predicted molar refractivity (Wildman–Crippen MR) is 82.3 cm³/mol. The van der Waals surface area contributed by atoms with E-state index in [1.165, 1.54) is 12.1 Å². The molecule has 0 aliphatic heterocycles. The number of nitrogens with zero attached hydrogens (tertiary/aromatic N) is 1. The van der Waals surface area contributed by atoms with Gasteiger partial charge in [-0.15, -0.1) is 0 Å². The number of rotatable bonds is 4. The monoisotopic (exact) mass is 327 g/mol. The van der Waals surface area contributed by atoms with E-state index in [1.54, 1.807) is 54.6 Å². The topological polar surface area (TPSA) is 95.2 Å². The van der Waals surface area contributed by atoms with E-state index in [-0.39, 0.29) is 4.90 Å². The Hall–Kier alpha value is -2.65.